The fourth-order valence-electron chi connectivity index (χ4n) is 1.68. The Morgan fingerprint density at radius 3 is 2.74 bits per heavy atom. The SMILES string of the molecule is Cc1cc(NC(=O)C(C)SCC(=O)Nc2ccccc2F)no1. The van der Waals surface area contributed by atoms with Crippen molar-refractivity contribution in [3.05, 3.63) is 41.9 Å². The first-order valence-electron chi connectivity index (χ1n) is 6.86. The largest absolute Gasteiger partial charge is 0.360 e. The molecule has 0 saturated carbocycles. The summed E-state index contributed by atoms with van der Waals surface area (Å²) in [6.07, 6.45) is 0. The van der Waals surface area contributed by atoms with E-state index in [0.29, 0.717) is 11.6 Å². The van der Waals surface area contributed by atoms with Gasteiger partial charge in [0.2, 0.25) is 11.8 Å². The molecular formula is C15H16FN3O3S. The van der Waals surface area contributed by atoms with Crippen LogP contribution < -0.4 is 10.6 Å². The number of hydrogen-bond donors (Lipinski definition) is 2. The summed E-state index contributed by atoms with van der Waals surface area (Å²) < 4.78 is 18.3. The lowest BCUT2D eigenvalue weighted by Crippen LogP contribution is -2.25. The number of benzene rings is 1. The first kappa shape index (κ1) is 17.0. The first-order valence-corrected chi connectivity index (χ1v) is 7.90. The van der Waals surface area contributed by atoms with Crippen LogP contribution in [0.5, 0.6) is 0 Å². The van der Waals surface area contributed by atoms with Crippen LogP contribution in [0.2, 0.25) is 0 Å². The van der Waals surface area contributed by atoms with Crippen molar-refractivity contribution in [2.75, 3.05) is 16.4 Å². The summed E-state index contributed by atoms with van der Waals surface area (Å²) in [4.78, 5) is 23.7. The van der Waals surface area contributed by atoms with Crippen LogP contribution >= 0.6 is 11.8 Å². The number of aromatic nitrogens is 1. The normalized spacial score (nSPS) is 11.8. The van der Waals surface area contributed by atoms with Gasteiger partial charge in [-0.3, -0.25) is 9.59 Å². The molecule has 0 saturated heterocycles. The van der Waals surface area contributed by atoms with Gasteiger partial charge in [0.15, 0.2) is 5.82 Å². The van der Waals surface area contributed by atoms with E-state index < -0.39 is 11.1 Å². The van der Waals surface area contributed by atoms with Crippen LogP contribution in [0, 0.1) is 12.7 Å². The average molecular weight is 337 g/mol. The highest BCUT2D eigenvalue weighted by Gasteiger charge is 2.17. The molecule has 0 bridgehead atoms. The third-order valence-corrected chi connectivity index (χ3v) is 4.00. The standard InChI is InChI=1S/C15H16FN3O3S/c1-9-7-13(19-22-9)18-15(21)10(2)23-8-14(20)17-12-6-4-3-5-11(12)16/h3-7,10H,8H2,1-2H3,(H,17,20)(H,18,19,21). The molecule has 2 rings (SSSR count). The predicted octanol–water partition coefficient (Wildman–Crippen LogP) is 2.82. The predicted molar refractivity (Wildman–Crippen MR) is 86.8 cm³/mol. The number of para-hydroxylation sites is 1. The Balaban J connectivity index is 1.79. The number of amides is 2. The number of aryl methyl sites for hydroxylation is 1. The lowest BCUT2D eigenvalue weighted by molar-refractivity contribution is -0.115. The highest BCUT2D eigenvalue weighted by atomic mass is 32.2. The summed E-state index contributed by atoms with van der Waals surface area (Å²) in [7, 11) is 0. The molecule has 2 amide bonds. The molecule has 2 N–H and O–H groups in total. The lowest BCUT2D eigenvalue weighted by Gasteiger charge is -2.10. The lowest BCUT2D eigenvalue weighted by atomic mass is 10.3. The molecule has 2 aromatic rings. The van der Waals surface area contributed by atoms with E-state index in [1.165, 1.54) is 18.2 Å². The van der Waals surface area contributed by atoms with Crippen molar-refractivity contribution in [1.29, 1.82) is 0 Å². The second kappa shape index (κ2) is 7.77. The maximum atomic E-state index is 13.4. The van der Waals surface area contributed by atoms with Gasteiger partial charge in [0.05, 0.1) is 16.7 Å². The van der Waals surface area contributed by atoms with Gasteiger partial charge in [-0.05, 0) is 26.0 Å². The van der Waals surface area contributed by atoms with Gasteiger partial charge in [-0.1, -0.05) is 17.3 Å². The molecular weight excluding hydrogens is 321 g/mol. The number of thioether (sulfide) groups is 1. The van der Waals surface area contributed by atoms with E-state index in [9.17, 15) is 14.0 Å². The Morgan fingerprint density at radius 2 is 2.09 bits per heavy atom. The number of anilines is 2. The number of carbonyl (C=O) groups is 2. The summed E-state index contributed by atoms with van der Waals surface area (Å²) in [6, 6.07) is 7.50. The zero-order valence-electron chi connectivity index (χ0n) is 12.6. The number of hydrogen-bond acceptors (Lipinski definition) is 5. The third kappa shape index (κ3) is 5.10. The molecule has 0 aliphatic carbocycles. The van der Waals surface area contributed by atoms with Gasteiger partial charge in [-0.15, -0.1) is 11.8 Å². The van der Waals surface area contributed by atoms with Crippen molar-refractivity contribution in [2.45, 2.75) is 19.1 Å². The second-order valence-corrected chi connectivity index (χ2v) is 6.12. The molecule has 1 heterocycles. The van der Waals surface area contributed by atoms with Crippen molar-refractivity contribution >= 4 is 35.1 Å². The summed E-state index contributed by atoms with van der Waals surface area (Å²) in [5.74, 6) is -0.224. The van der Waals surface area contributed by atoms with Crippen molar-refractivity contribution in [3.63, 3.8) is 0 Å². The average Bonchev–Trinajstić information content (AvgIpc) is 2.92. The Kier molecular flexibility index (Phi) is 5.75. The molecule has 0 radical (unpaired) electrons. The maximum absolute atomic E-state index is 13.4. The fraction of sp³-hybridized carbons (Fsp3) is 0.267. The quantitative estimate of drug-likeness (QED) is 0.847. The molecule has 0 fully saturated rings. The highest BCUT2D eigenvalue weighted by molar-refractivity contribution is 8.01. The van der Waals surface area contributed by atoms with Gasteiger partial charge < -0.3 is 15.2 Å². The van der Waals surface area contributed by atoms with E-state index in [0.717, 1.165) is 11.8 Å². The monoisotopic (exact) mass is 337 g/mol. The summed E-state index contributed by atoms with van der Waals surface area (Å²) in [5, 5.41) is 8.24. The number of carbonyl (C=O) groups excluding carboxylic acids is 2. The molecule has 1 aromatic carbocycles. The second-order valence-electron chi connectivity index (χ2n) is 4.79. The molecule has 23 heavy (non-hydrogen) atoms. The molecule has 1 atom stereocenters. The van der Waals surface area contributed by atoms with Crippen LogP contribution in [0.15, 0.2) is 34.9 Å². The molecule has 0 aliphatic heterocycles. The number of nitrogens with zero attached hydrogens (tertiary/aromatic N) is 1. The van der Waals surface area contributed by atoms with Gasteiger partial charge >= 0.3 is 0 Å². The van der Waals surface area contributed by atoms with Crippen LogP contribution in [-0.4, -0.2) is 28.0 Å². The molecule has 8 heteroatoms. The zero-order chi connectivity index (χ0) is 16.8. The van der Waals surface area contributed by atoms with E-state index in [2.05, 4.69) is 15.8 Å². The Hall–Kier alpha value is -2.35. The number of rotatable bonds is 6. The van der Waals surface area contributed by atoms with E-state index in [1.54, 1.807) is 26.0 Å². The van der Waals surface area contributed by atoms with Gasteiger partial charge in [-0.2, -0.15) is 0 Å². The molecule has 1 aromatic heterocycles. The summed E-state index contributed by atoms with van der Waals surface area (Å²) in [5.41, 5.74) is 0.119. The van der Waals surface area contributed by atoms with E-state index in [1.807, 2.05) is 0 Å². The molecule has 122 valence electrons. The minimum atomic E-state index is -0.502. The molecule has 6 nitrogen and oxygen atoms in total. The third-order valence-electron chi connectivity index (χ3n) is 2.86. The minimum absolute atomic E-state index is 0.0285. The van der Waals surface area contributed by atoms with Crippen molar-refractivity contribution in [1.82, 2.24) is 5.16 Å². The first-order chi connectivity index (χ1) is 11.0. The maximum Gasteiger partial charge on any atom is 0.238 e. The van der Waals surface area contributed by atoms with Crippen LogP contribution in [0.4, 0.5) is 15.9 Å². The van der Waals surface area contributed by atoms with Gasteiger partial charge in [0.1, 0.15) is 11.6 Å². The Labute approximate surface area is 136 Å². The van der Waals surface area contributed by atoms with Crippen molar-refractivity contribution in [2.24, 2.45) is 0 Å². The van der Waals surface area contributed by atoms with Gasteiger partial charge in [0, 0.05) is 6.07 Å². The topological polar surface area (TPSA) is 84.2 Å². The van der Waals surface area contributed by atoms with Crippen molar-refractivity contribution in [3.8, 4) is 0 Å². The van der Waals surface area contributed by atoms with E-state index in [-0.39, 0.29) is 23.3 Å². The van der Waals surface area contributed by atoms with Gasteiger partial charge in [0.25, 0.3) is 0 Å². The van der Waals surface area contributed by atoms with Crippen LogP contribution in [0.3, 0.4) is 0 Å². The molecule has 0 spiro atoms. The number of nitrogens with one attached hydrogen (secondary N) is 2. The van der Waals surface area contributed by atoms with Crippen molar-refractivity contribution < 1.29 is 18.5 Å². The number of halogens is 1. The van der Waals surface area contributed by atoms with E-state index in [4.69, 9.17) is 4.52 Å². The molecule has 0 aliphatic rings. The fourth-order valence-corrected chi connectivity index (χ4v) is 2.36. The highest BCUT2D eigenvalue weighted by Crippen LogP contribution is 2.16. The van der Waals surface area contributed by atoms with Crippen LogP contribution in [0.25, 0.3) is 0 Å². The molecule has 1 unspecified atom stereocenters. The van der Waals surface area contributed by atoms with Crippen LogP contribution in [0.1, 0.15) is 12.7 Å². The van der Waals surface area contributed by atoms with Crippen LogP contribution in [-0.2, 0) is 9.59 Å². The Morgan fingerprint density at radius 1 is 1.35 bits per heavy atom. The van der Waals surface area contributed by atoms with E-state index >= 15 is 0 Å². The summed E-state index contributed by atoms with van der Waals surface area (Å²) >= 11 is 1.14. The zero-order valence-corrected chi connectivity index (χ0v) is 13.4. The smallest absolute Gasteiger partial charge is 0.238 e. The summed E-state index contributed by atoms with van der Waals surface area (Å²) in [6.45, 7) is 3.39. The Bertz CT molecular complexity index is 705. The van der Waals surface area contributed by atoms with Gasteiger partial charge in [-0.25, -0.2) is 4.39 Å². The minimum Gasteiger partial charge on any atom is -0.360 e.